The predicted molar refractivity (Wildman–Crippen MR) is 108 cm³/mol. The fourth-order valence-electron chi connectivity index (χ4n) is 2.49. The molecule has 1 heterocycles. The molecular formula is C18H19N5O3S2. The van der Waals surface area contributed by atoms with Crippen molar-refractivity contribution in [2.24, 2.45) is 5.14 Å². The number of aromatic nitrogens is 3. The molecule has 0 saturated heterocycles. The van der Waals surface area contributed by atoms with Crippen LogP contribution in [-0.2, 0) is 14.8 Å². The molecule has 28 heavy (non-hydrogen) atoms. The molecule has 0 unspecified atom stereocenters. The molecule has 3 aromatic rings. The van der Waals surface area contributed by atoms with Crippen molar-refractivity contribution in [1.29, 1.82) is 0 Å². The van der Waals surface area contributed by atoms with Crippen molar-refractivity contribution in [2.45, 2.75) is 29.1 Å². The SMILES string of the molecule is Cc1ccccc1-n1cnnc1S[C@@H](C)C(=O)Nc1ccc(S(N)(=O)=O)cc1. The largest absolute Gasteiger partial charge is 0.325 e. The molecule has 0 aliphatic heterocycles. The van der Waals surface area contributed by atoms with E-state index in [9.17, 15) is 13.2 Å². The van der Waals surface area contributed by atoms with Crippen LogP contribution in [0.5, 0.6) is 0 Å². The van der Waals surface area contributed by atoms with Crippen molar-refractivity contribution in [2.75, 3.05) is 5.32 Å². The Morgan fingerprint density at radius 1 is 1.18 bits per heavy atom. The lowest BCUT2D eigenvalue weighted by atomic mass is 10.2. The van der Waals surface area contributed by atoms with Crippen LogP contribution in [0.15, 0.2) is 64.9 Å². The average molecular weight is 418 g/mol. The van der Waals surface area contributed by atoms with Crippen LogP contribution in [0.3, 0.4) is 0 Å². The average Bonchev–Trinajstić information content (AvgIpc) is 3.09. The maximum Gasteiger partial charge on any atom is 0.238 e. The summed E-state index contributed by atoms with van der Waals surface area (Å²) in [5.74, 6) is -0.243. The standard InChI is InChI=1S/C18H19N5O3S2/c1-12-5-3-4-6-16(12)23-11-20-22-18(23)27-13(2)17(24)21-14-7-9-15(10-8-14)28(19,25)26/h3-11,13H,1-2H3,(H,21,24)(H2,19,25,26)/t13-/m0/s1. The molecular weight excluding hydrogens is 398 g/mol. The Labute approximate surface area is 167 Å². The minimum atomic E-state index is -3.77. The summed E-state index contributed by atoms with van der Waals surface area (Å²) < 4.78 is 24.4. The van der Waals surface area contributed by atoms with Gasteiger partial charge in [-0.2, -0.15) is 0 Å². The molecule has 0 aliphatic rings. The zero-order valence-corrected chi connectivity index (χ0v) is 16.9. The molecule has 1 aromatic heterocycles. The van der Waals surface area contributed by atoms with Gasteiger partial charge in [0.15, 0.2) is 5.16 Å². The molecule has 0 aliphatic carbocycles. The summed E-state index contributed by atoms with van der Waals surface area (Å²) in [6, 6.07) is 13.5. The highest BCUT2D eigenvalue weighted by molar-refractivity contribution is 8.00. The molecule has 8 nitrogen and oxygen atoms in total. The molecule has 2 aromatic carbocycles. The second kappa shape index (κ2) is 8.13. The summed E-state index contributed by atoms with van der Waals surface area (Å²) in [6.07, 6.45) is 1.61. The van der Waals surface area contributed by atoms with E-state index in [0.717, 1.165) is 11.3 Å². The highest BCUT2D eigenvalue weighted by atomic mass is 32.2. The molecule has 3 N–H and O–H groups in total. The van der Waals surface area contributed by atoms with E-state index in [-0.39, 0.29) is 10.8 Å². The third-order valence-electron chi connectivity index (χ3n) is 3.99. The van der Waals surface area contributed by atoms with Crippen LogP contribution in [0.4, 0.5) is 5.69 Å². The number of carbonyl (C=O) groups excluding carboxylic acids is 1. The number of thioether (sulfide) groups is 1. The van der Waals surface area contributed by atoms with Gasteiger partial charge in [0.1, 0.15) is 6.33 Å². The van der Waals surface area contributed by atoms with Gasteiger partial charge in [0.2, 0.25) is 15.9 Å². The van der Waals surface area contributed by atoms with Gasteiger partial charge in [-0.25, -0.2) is 13.6 Å². The van der Waals surface area contributed by atoms with E-state index >= 15 is 0 Å². The van der Waals surface area contributed by atoms with Gasteiger partial charge in [-0.1, -0.05) is 30.0 Å². The van der Waals surface area contributed by atoms with Gasteiger partial charge >= 0.3 is 0 Å². The van der Waals surface area contributed by atoms with Crippen LogP contribution in [0.1, 0.15) is 12.5 Å². The fraction of sp³-hybridized carbons (Fsp3) is 0.167. The fourth-order valence-corrected chi connectivity index (χ4v) is 3.84. The number of nitrogens with zero attached hydrogens (tertiary/aromatic N) is 3. The summed E-state index contributed by atoms with van der Waals surface area (Å²) >= 11 is 1.28. The Morgan fingerprint density at radius 2 is 1.86 bits per heavy atom. The van der Waals surface area contributed by atoms with Gasteiger partial charge in [0, 0.05) is 5.69 Å². The first-order chi connectivity index (χ1) is 13.3. The Balaban J connectivity index is 1.70. The molecule has 1 atom stereocenters. The molecule has 0 radical (unpaired) electrons. The van der Waals surface area contributed by atoms with Crippen molar-refractivity contribution in [3.05, 3.63) is 60.4 Å². The number of sulfonamides is 1. The number of hydrogen-bond acceptors (Lipinski definition) is 6. The van der Waals surface area contributed by atoms with E-state index in [1.807, 2.05) is 35.8 Å². The van der Waals surface area contributed by atoms with E-state index in [1.54, 1.807) is 13.3 Å². The summed E-state index contributed by atoms with van der Waals surface area (Å²) in [5.41, 5.74) is 2.49. The molecule has 3 rings (SSSR count). The van der Waals surface area contributed by atoms with Crippen molar-refractivity contribution >= 4 is 33.4 Å². The maximum atomic E-state index is 12.5. The summed E-state index contributed by atoms with van der Waals surface area (Å²) in [7, 11) is -3.77. The monoisotopic (exact) mass is 417 g/mol. The van der Waals surface area contributed by atoms with Crippen LogP contribution >= 0.6 is 11.8 Å². The smallest absolute Gasteiger partial charge is 0.238 e. The maximum absolute atomic E-state index is 12.5. The van der Waals surface area contributed by atoms with E-state index in [0.29, 0.717) is 10.8 Å². The first kappa shape index (κ1) is 20.1. The molecule has 1 amide bonds. The molecule has 0 fully saturated rings. The Kier molecular flexibility index (Phi) is 5.82. The molecule has 146 valence electrons. The molecule has 0 saturated carbocycles. The number of hydrogen-bond donors (Lipinski definition) is 2. The number of amides is 1. The van der Waals surface area contributed by atoms with Gasteiger partial charge in [0.25, 0.3) is 0 Å². The molecule has 10 heteroatoms. The third-order valence-corrected chi connectivity index (χ3v) is 5.98. The Hall–Kier alpha value is -2.69. The zero-order valence-electron chi connectivity index (χ0n) is 15.2. The van der Waals surface area contributed by atoms with Crippen molar-refractivity contribution in [3.8, 4) is 5.69 Å². The van der Waals surface area contributed by atoms with Gasteiger partial charge in [-0.05, 0) is 49.7 Å². The van der Waals surface area contributed by atoms with Crippen LogP contribution in [-0.4, -0.2) is 34.3 Å². The number of benzene rings is 2. The topological polar surface area (TPSA) is 120 Å². The summed E-state index contributed by atoms with van der Waals surface area (Å²) in [6.45, 7) is 3.75. The number of primary sulfonamides is 1. The lowest BCUT2D eigenvalue weighted by Gasteiger charge is -2.13. The minimum absolute atomic E-state index is 0.0146. The number of nitrogens with two attached hydrogens (primary N) is 1. The summed E-state index contributed by atoms with van der Waals surface area (Å²) in [4.78, 5) is 12.5. The normalized spacial score (nSPS) is 12.5. The van der Waals surface area contributed by atoms with Crippen LogP contribution < -0.4 is 10.5 Å². The highest BCUT2D eigenvalue weighted by Crippen LogP contribution is 2.26. The first-order valence-corrected chi connectivity index (χ1v) is 10.7. The number of anilines is 1. The highest BCUT2D eigenvalue weighted by Gasteiger charge is 2.19. The van der Waals surface area contributed by atoms with E-state index < -0.39 is 15.3 Å². The second-order valence-corrected chi connectivity index (χ2v) is 8.96. The third kappa shape index (κ3) is 4.58. The lowest BCUT2D eigenvalue weighted by molar-refractivity contribution is -0.115. The predicted octanol–water partition coefficient (Wildman–Crippen LogP) is 2.34. The molecule has 0 spiro atoms. The quantitative estimate of drug-likeness (QED) is 0.594. The van der Waals surface area contributed by atoms with Crippen LogP contribution in [0.2, 0.25) is 0 Å². The summed E-state index contributed by atoms with van der Waals surface area (Å²) in [5, 5.41) is 16.0. The Bertz CT molecular complexity index is 1090. The van der Waals surface area contributed by atoms with Gasteiger partial charge < -0.3 is 5.32 Å². The van der Waals surface area contributed by atoms with Crippen LogP contribution in [0, 0.1) is 6.92 Å². The number of aryl methyl sites for hydroxylation is 1. The van der Waals surface area contributed by atoms with Gasteiger partial charge in [-0.3, -0.25) is 9.36 Å². The lowest BCUT2D eigenvalue weighted by Crippen LogP contribution is -2.23. The first-order valence-electron chi connectivity index (χ1n) is 8.32. The van der Waals surface area contributed by atoms with E-state index in [4.69, 9.17) is 5.14 Å². The second-order valence-electron chi connectivity index (χ2n) is 6.09. The van der Waals surface area contributed by atoms with Crippen LogP contribution in [0.25, 0.3) is 5.69 Å². The number of nitrogens with one attached hydrogen (secondary N) is 1. The van der Waals surface area contributed by atoms with Gasteiger partial charge in [0.05, 0.1) is 15.8 Å². The minimum Gasteiger partial charge on any atom is -0.325 e. The number of carbonyl (C=O) groups is 1. The molecule has 0 bridgehead atoms. The Morgan fingerprint density at radius 3 is 2.50 bits per heavy atom. The van der Waals surface area contributed by atoms with E-state index in [2.05, 4.69) is 15.5 Å². The number of rotatable bonds is 6. The van der Waals surface area contributed by atoms with E-state index in [1.165, 1.54) is 36.0 Å². The van der Waals surface area contributed by atoms with Crippen molar-refractivity contribution < 1.29 is 13.2 Å². The zero-order chi connectivity index (χ0) is 20.3. The number of para-hydroxylation sites is 1. The van der Waals surface area contributed by atoms with Crippen molar-refractivity contribution in [1.82, 2.24) is 14.8 Å². The van der Waals surface area contributed by atoms with Gasteiger partial charge in [-0.15, -0.1) is 10.2 Å². The van der Waals surface area contributed by atoms with Crippen molar-refractivity contribution in [3.63, 3.8) is 0 Å².